The molecule has 0 spiro atoms. The molecule has 0 fully saturated rings. The molecule has 40 heavy (non-hydrogen) atoms. The number of esters is 1. The average molecular weight is 597 g/mol. The van der Waals surface area contributed by atoms with Crippen LogP contribution in [0.1, 0.15) is 84.0 Å². The Morgan fingerprint density at radius 2 is 1.62 bits per heavy atom. The molecule has 8 nitrogen and oxygen atoms in total. The molecule has 0 aromatic rings. The summed E-state index contributed by atoms with van der Waals surface area (Å²) in [5.41, 5.74) is 0. The molecule has 0 bridgehead atoms. The van der Waals surface area contributed by atoms with Crippen molar-refractivity contribution in [2.45, 2.75) is 108 Å². The van der Waals surface area contributed by atoms with E-state index in [0.29, 0.717) is 19.3 Å². The van der Waals surface area contributed by atoms with Gasteiger partial charge >= 0.3 is 18.1 Å². The van der Waals surface area contributed by atoms with Crippen molar-refractivity contribution in [1.82, 2.24) is 10.6 Å². The molecule has 0 aliphatic heterocycles. The molecule has 0 heterocycles. The molecule has 0 aromatic carbocycles. The smallest absolute Gasteiger partial charge is 0.468 e. The van der Waals surface area contributed by atoms with Crippen molar-refractivity contribution in [3.63, 3.8) is 0 Å². The third kappa shape index (κ3) is 19.9. The van der Waals surface area contributed by atoms with Crippen LogP contribution in [0.25, 0.3) is 0 Å². The number of hydrogen-bond acceptors (Lipinski definition) is 7. The maximum atomic E-state index is 12.8. The van der Waals surface area contributed by atoms with E-state index in [0.717, 1.165) is 38.1 Å². The van der Waals surface area contributed by atoms with Gasteiger partial charge in [-0.1, -0.05) is 76.2 Å². The summed E-state index contributed by atoms with van der Waals surface area (Å²) in [5, 5.41) is 22.9. The average Bonchev–Trinajstić information content (AvgIpc) is 2.92. The lowest BCUT2D eigenvalue weighted by atomic mass is 10.1. The number of allylic oxidation sites excluding steroid dienone is 3. The van der Waals surface area contributed by atoms with E-state index in [1.54, 1.807) is 17.5 Å². The molecule has 0 rings (SSSR count). The zero-order chi connectivity index (χ0) is 30.2. The monoisotopic (exact) mass is 596 g/mol. The Hall–Kier alpha value is -2.05. The van der Waals surface area contributed by atoms with Crippen molar-refractivity contribution in [2.24, 2.45) is 0 Å². The summed E-state index contributed by atoms with van der Waals surface area (Å²) in [7, 11) is 1.09. The highest BCUT2D eigenvalue weighted by molar-refractivity contribution is 8.00. The molecule has 0 saturated heterocycles. The molecule has 12 heteroatoms. The van der Waals surface area contributed by atoms with Crippen LogP contribution in [0.4, 0.5) is 13.2 Å². The van der Waals surface area contributed by atoms with Crippen molar-refractivity contribution < 1.29 is 42.5 Å². The van der Waals surface area contributed by atoms with E-state index < -0.39 is 47.9 Å². The number of alkyl halides is 3. The number of unbranched alkanes of at least 4 members (excludes halogenated alkanes) is 9. The Kier molecular flexibility index (Phi) is 22.4. The summed E-state index contributed by atoms with van der Waals surface area (Å²) in [6.07, 6.45) is 13.3. The second-order valence-corrected chi connectivity index (χ2v) is 10.7. The van der Waals surface area contributed by atoms with E-state index in [1.165, 1.54) is 38.5 Å². The van der Waals surface area contributed by atoms with Crippen molar-refractivity contribution in [3.05, 3.63) is 24.3 Å². The maximum Gasteiger partial charge on any atom is 0.471 e. The van der Waals surface area contributed by atoms with Gasteiger partial charge in [-0.3, -0.25) is 14.4 Å². The minimum absolute atomic E-state index is 0.0340. The van der Waals surface area contributed by atoms with Crippen molar-refractivity contribution in [2.75, 3.05) is 26.0 Å². The minimum atomic E-state index is -5.20. The first-order chi connectivity index (χ1) is 19.1. The van der Waals surface area contributed by atoms with Gasteiger partial charge in [-0.2, -0.15) is 13.2 Å². The first-order valence-corrected chi connectivity index (χ1v) is 15.1. The standard InChI is InChI=1S/C28H47F3N2O6S/c1-3-4-5-6-7-8-9-10-11-12-13-14-18-24(23(35)17-15-16-19-34)40-21-22(33-27(38)28(29,30)31)26(37)32-20-25(36)39-2/h12-14,18,22-24,34-35H,3-11,15-17,19-21H2,1-2H3,(H,32,37)(H,33,38)/t22?,23-,24+/m1/s1. The molecule has 4 N–H and O–H groups in total. The summed E-state index contributed by atoms with van der Waals surface area (Å²) >= 11 is 1.01. The molecule has 3 atom stereocenters. The second-order valence-electron chi connectivity index (χ2n) is 9.48. The number of amides is 2. The van der Waals surface area contributed by atoms with Crippen LogP contribution in [0.5, 0.6) is 0 Å². The largest absolute Gasteiger partial charge is 0.471 e. The first-order valence-electron chi connectivity index (χ1n) is 14.0. The normalized spacial score (nSPS) is 14.3. The lowest BCUT2D eigenvalue weighted by Crippen LogP contribution is -2.52. The molecule has 0 aliphatic carbocycles. The number of halogens is 3. The van der Waals surface area contributed by atoms with Gasteiger partial charge < -0.3 is 25.6 Å². The number of ether oxygens (including phenoxy) is 1. The van der Waals surface area contributed by atoms with Crippen LogP contribution < -0.4 is 10.6 Å². The summed E-state index contributed by atoms with van der Waals surface area (Å²) in [6, 6.07) is -1.61. The fourth-order valence-electron chi connectivity index (χ4n) is 3.65. The fourth-order valence-corrected chi connectivity index (χ4v) is 4.86. The Morgan fingerprint density at radius 1 is 0.975 bits per heavy atom. The Morgan fingerprint density at radius 3 is 2.23 bits per heavy atom. The quantitative estimate of drug-likeness (QED) is 0.0773. The molecule has 2 amide bonds. The molecule has 0 aromatic heterocycles. The number of methoxy groups -OCH3 is 1. The van der Waals surface area contributed by atoms with E-state index in [9.17, 15) is 32.7 Å². The van der Waals surface area contributed by atoms with Crippen LogP contribution in [0.2, 0.25) is 0 Å². The fraction of sp³-hybridized carbons (Fsp3) is 0.750. The molecular weight excluding hydrogens is 549 g/mol. The van der Waals surface area contributed by atoms with Crippen molar-refractivity contribution >= 4 is 29.5 Å². The highest BCUT2D eigenvalue weighted by atomic mass is 32.2. The molecule has 1 unspecified atom stereocenters. The van der Waals surface area contributed by atoms with Crippen LogP contribution in [0.3, 0.4) is 0 Å². The van der Waals surface area contributed by atoms with E-state index in [1.807, 2.05) is 12.2 Å². The van der Waals surface area contributed by atoms with Crippen molar-refractivity contribution in [3.8, 4) is 0 Å². The number of aliphatic hydroxyl groups excluding tert-OH is 2. The van der Waals surface area contributed by atoms with E-state index >= 15 is 0 Å². The number of thioether (sulfide) groups is 1. The third-order valence-corrected chi connectivity index (χ3v) is 7.41. The number of rotatable bonds is 23. The highest BCUT2D eigenvalue weighted by Crippen LogP contribution is 2.22. The predicted molar refractivity (Wildman–Crippen MR) is 152 cm³/mol. The second kappa shape index (κ2) is 23.6. The van der Waals surface area contributed by atoms with Crippen molar-refractivity contribution in [1.29, 1.82) is 0 Å². The van der Waals surface area contributed by atoms with Gasteiger partial charge in [0.2, 0.25) is 5.91 Å². The van der Waals surface area contributed by atoms with Gasteiger partial charge in [0.15, 0.2) is 0 Å². The van der Waals surface area contributed by atoms with Gasteiger partial charge in [0.1, 0.15) is 12.6 Å². The molecule has 0 radical (unpaired) electrons. The number of hydrogen-bond donors (Lipinski definition) is 4. The molecular formula is C28H47F3N2O6S. The number of carbonyl (C=O) groups excluding carboxylic acids is 3. The van der Waals surface area contributed by atoms with Gasteiger partial charge in [-0.05, 0) is 32.1 Å². The first kappa shape index (κ1) is 38.0. The van der Waals surface area contributed by atoms with E-state index in [2.05, 4.69) is 17.0 Å². The molecule has 232 valence electrons. The van der Waals surface area contributed by atoms with Gasteiger partial charge in [0, 0.05) is 17.6 Å². The van der Waals surface area contributed by atoms with Gasteiger partial charge in [0.05, 0.1) is 13.2 Å². The number of nitrogens with one attached hydrogen (secondary N) is 2. The van der Waals surface area contributed by atoms with Gasteiger partial charge in [0.25, 0.3) is 0 Å². The minimum Gasteiger partial charge on any atom is -0.468 e. The summed E-state index contributed by atoms with van der Waals surface area (Å²) in [6.45, 7) is 1.59. The lowest BCUT2D eigenvalue weighted by molar-refractivity contribution is -0.174. The Balaban J connectivity index is 5.11. The third-order valence-electron chi connectivity index (χ3n) is 6.03. The Labute approximate surface area is 240 Å². The summed E-state index contributed by atoms with van der Waals surface area (Å²) in [5.74, 6) is -4.37. The lowest BCUT2D eigenvalue weighted by Gasteiger charge is -2.23. The summed E-state index contributed by atoms with van der Waals surface area (Å²) < 4.78 is 42.9. The van der Waals surface area contributed by atoms with Crippen LogP contribution in [-0.2, 0) is 19.1 Å². The van der Waals surface area contributed by atoms with E-state index in [4.69, 9.17) is 5.11 Å². The zero-order valence-electron chi connectivity index (χ0n) is 23.7. The maximum absolute atomic E-state index is 12.8. The topological polar surface area (TPSA) is 125 Å². The SMILES string of the molecule is CCCCCCCCCCC=CC=C[C@H](SCC(NC(=O)C(F)(F)F)C(=O)NCC(=O)OC)[C@H](O)CCCCO. The molecule has 0 saturated carbocycles. The van der Waals surface area contributed by atoms with E-state index in [-0.39, 0.29) is 12.4 Å². The zero-order valence-corrected chi connectivity index (χ0v) is 24.5. The van der Waals surface area contributed by atoms with Crippen LogP contribution in [0, 0.1) is 0 Å². The summed E-state index contributed by atoms with van der Waals surface area (Å²) in [4.78, 5) is 35.3. The van der Waals surface area contributed by atoms with Crippen LogP contribution >= 0.6 is 11.8 Å². The number of carbonyl (C=O) groups is 3. The Bertz CT molecular complexity index is 765. The van der Waals surface area contributed by atoms with Gasteiger partial charge in [-0.25, -0.2) is 0 Å². The molecule has 0 aliphatic rings. The van der Waals surface area contributed by atoms with Crippen LogP contribution in [-0.4, -0.2) is 77.6 Å². The number of aliphatic hydroxyl groups is 2. The van der Waals surface area contributed by atoms with Gasteiger partial charge in [-0.15, -0.1) is 11.8 Å². The predicted octanol–water partition coefficient (Wildman–Crippen LogP) is 4.59. The van der Waals surface area contributed by atoms with Crippen LogP contribution in [0.15, 0.2) is 24.3 Å². The highest BCUT2D eigenvalue weighted by Gasteiger charge is 2.41.